The first-order valence-corrected chi connectivity index (χ1v) is 7.90. The van der Waals surface area contributed by atoms with Gasteiger partial charge in [-0.1, -0.05) is 26.7 Å². The minimum atomic E-state index is 0.799. The normalized spacial score (nSPS) is 10.7. The molecule has 0 unspecified atom stereocenters. The highest BCUT2D eigenvalue weighted by molar-refractivity contribution is 5.57. The quantitative estimate of drug-likeness (QED) is 0.602. The Morgan fingerprint density at radius 2 is 0.900 bits per heavy atom. The van der Waals surface area contributed by atoms with E-state index in [0.717, 1.165) is 50.4 Å². The van der Waals surface area contributed by atoms with E-state index in [1.54, 1.807) is 0 Å². The van der Waals surface area contributed by atoms with E-state index in [1.165, 1.54) is 22.3 Å². The van der Waals surface area contributed by atoms with Crippen LogP contribution in [-0.2, 0) is 0 Å². The molecule has 114 valence electrons. The van der Waals surface area contributed by atoms with Gasteiger partial charge in [0.15, 0.2) is 0 Å². The third-order valence-electron chi connectivity index (χ3n) is 3.98. The maximum absolute atomic E-state index is 5.99. The summed E-state index contributed by atoms with van der Waals surface area (Å²) >= 11 is 0. The number of hydrogen-bond donors (Lipinski definition) is 0. The number of hydrogen-bond acceptors (Lipinski definition) is 2. The summed E-state index contributed by atoms with van der Waals surface area (Å²) in [5.74, 6) is 2.10. The highest BCUT2D eigenvalue weighted by Gasteiger charge is 2.16. The largest absolute Gasteiger partial charge is 0.493 e. The van der Waals surface area contributed by atoms with Crippen LogP contribution in [0.25, 0.3) is 0 Å². The van der Waals surface area contributed by atoms with Gasteiger partial charge in [-0.25, -0.2) is 0 Å². The fraction of sp³-hybridized carbons (Fsp3) is 0.667. The van der Waals surface area contributed by atoms with Crippen LogP contribution >= 0.6 is 0 Å². The highest BCUT2D eigenvalue weighted by atomic mass is 16.5. The van der Waals surface area contributed by atoms with Crippen molar-refractivity contribution in [3.8, 4) is 11.5 Å². The Morgan fingerprint density at radius 3 is 1.15 bits per heavy atom. The molecule has 1 aromatic carbocycles. The van der Waals surface area contributed by atoms with E-state index in [4.69, 9.17) is 9.47 Å². The smallest absolute Gasteiger partial charge is 0.125 e. The molecular formula is C18H30O2. The zero-order chi connectivity index (χ0) is 15.1. The van der Waals surface area contributed by atoms with Gasteiger partial charge >= 0.3 is 0 Å². The van der Waals surface area contributed by atoms with E-state index >= 15 is 0 Å². The SMILES string of the molecule is CCCCOc1c(C)c(C)c(OCCCC)c(C)c1C. The monoisotopic (exact) mass is 278 g/mol. The summed E-state index contributed by atoms with van der Waals surface area (Å²) in [6, 6.07) is 0. The Kier molecular flexibility index (Phi) is 6.90. The lowest BCUT2D eigenvalue weighted by molar-refractivity contribution is 0.294. The van der Waals surface area contributed by atoms with Crippen molar-refractivity contribution in [2.75, 3.05) is 13.2 Å². The molecule has 0 saturated heterocycles. The molecule has 2 nitrogen and oxygen atoms in total. The van der Waals surface area contributed by atoms with Gasteiger partial charge in [-0.05, 0) is 62.8 Å². The number of benzene rings is 1. The Labute approximate surface area is 124 Å². The average Bonchev–Trinajstić information content (AvgIpc) is 2.44. The molecule has 0 spiro atoms. The van der Waals surface area contributed by atoms with Gasteiger partial charge in [0.25, 0.3) is 0 Å². The molecule has 0 amide bonds. The first kappa shape index (κ1) is 16.9. The van der Waals surface area contributed by atoms with Crippen molar-refractivity contribution >= 4 is 0 Å². The lowest BCUT2D eigenvalue weighted by Gasteiger charge is -2.21. The molecule has 1 aromatic rings. The van der Waals surface area contributed by atoms with Gasteiger partial charge in [0.1, 0.15) is 11.5 Å². The molecule has 20 heavy (non-hydrogen) atoms. The van der Waals surface area contributed by atoms with Crippen molar-refractivity contribution in [1.82, 2.24) is 0 Å². The second-order valence-corrected chi connectivity index (χ2v) is 5.56. The van der Waals surface area contributed by atoms with Crippen molar-refractivity contribution < 1.29 is 9.47 Å². The van der Waals surface area contributed by atoms with Gasteiger partial charge in [0.05, 0.1) is 13.2 Å². The van der Waals surface area contributed by atoms with Gasteiger partial charge in [-0.3, -0.25) is 0 Å². The molecule has 0 atom stereocenters. The first-order chi connectivity index (χ1) is 9.54. The van der Waals surface area contributed by atoms with Gasteiger partial charge in [-0.2, -0.15) is 0 Å². The van der Waals surface area contributed by atoms with Crippen LogP contribution in [0.5, 0.6) is 11.5 Å². The maximum atomic E-state index is 5.99. The Balaban J connectivity index is 3.00. The summed E-state index contributed by atoms with van der Waals surface area (Å²) in [7, 11) is 0. The Morgan fingerprint density at radius 1 is 0.600 bits per heavy atom. The van der Waals surface area contributed by atoms with Gasteiger partial charge in [0.2, 0.25) is 0 Å². The minimum absolute atomic E-state index is 0.799. The standard InChI is InChI=1S/C18H30O2/c1-7-9-11-19-17-13(3)15(5)18(16(6)14(17)4)20-12-10-8-2/h7-12H2,1-6H3. The molecule has 0 N–H and O–H groups in total. The van der Waals surface area contributed by atoms with Crippen LogP contribution < -0.4 is 9.47 Å². The molecule has 0 aliphatic heterocycles. The van der Waals surface area contributed by atoms with Gasteiger partial charge in [-0.15, -0.1) is 0 Å². The second-order valence-electron chi connectivity index (χ2n) is 5.56. The first-order valence-electron chi connectivity index (χ1n) is 7.90. The molecule has 0 radical (unpaired) electrons. The van der Waals surface area contributed by atoms with Crippen LogP contribution in [0, 0.1) is 27.7 Å². The molecule has 1 rings (SSSR count). The minimum Gasteiger partial charge on any atom is -0.493 e. The van der Waals surface area contributed by atoms with Crippen LogP contribution in [0.3, 0.4) is 0 Å². The van der Waals surface area contributed by atoms with Gasteiger partial charge in [0, 0.05) is 0 Å². The Bertz CT molecular complexity index is 366. The Hall–Kier alpha value is -1.18. The summed E-state index contributed by atoms with van der Waals surface area (Å²) in [6.07, 6.45) is 4.53. The van der Waals surface area contributed by atoms with E-state index in [2.05, 4.69) is 41.5 Å². The average molecular weight is 278 g/mol. The van der Waals surface area contributed by atoms with Crippen LogP contribution in [0.2, 0.25) is 0 Å². The third kappa shape index (κ3) is 3.91. The molecule has 0 heterocycles. The fourth-order valence-corrected chi connectivity index (χ4v) is 2.31. The topological polar surface area (TPSA) is 18.5 Å². The van der Waals surface area contributed by atoms with E-state index in [9.17, 15) is 0 Å². The van der Waals surface area contributed by atoms with Crippen LogP contribution in [0.4, 0.5) is 0 Å². The van der Waals surface area contributed by atoms with Crippen LogP contribution in [-0.4, -0.2) is 13.2 Å². The highest BCUT2D eigenvalue weighted by Crippen LogP contribution is 2.37. The van der Waals surface area contributed by atoms with Crippen LogP contribution in [0.15, 0.2) is 0 Å². The molecule has 0 bridgehead atoms. The summed E-state index contributed by atoms with van der Waals surface area (Å²) < 4.78 is 12.0. The summed E-state index contributed by atoms with van der Waals surface area (Å²) in [5, 5.41) is 0. The maximum Gasteiger partial charge on any atom is 0.125 e. The predicted octanol–water partition coefficient (Wildman–Crippen LogP) is 5.28. The number of unbranched alkanes of at least 4 members (excludes halogenated alkanes) is 2. The van der Waals surface area contributed by atoms with Crippen molar-refractivity contribution in [2.24, 2.45) is 0 Å². The second kappa shape index (κ2) is 8.18. The molecule has 0 aromatic heterocycles. The summed E-state index contributed by atoms with van der Waals surface area (Å²) in [5.41, 5.74) is 4.87. The fourth-order valence-electron chi connectivity index (χ4n) is 2.31. The van der Waals surface area contributed by atoms with Crippen molar-refractivity contribution in [3.63, 3.8) is 0 Å². The van der Waals surface area contributed by atoms with Crippen molar-refractivity contribution in [3.05, 3.63) is 22.3 Å². The molecular weight excluding hydrogens is 248 g/mol. The van der Waals surface area contributed by atoms with Crippen LogP contribution in [0.1, 0.15) is 61.8 Å². The summed E-state index contributed by atoms with van der Waals surface area (Å²) in [4.78, 5) is 0. The third-order valence-corrected chi connectivity index (χ3v) is 3.98. The van der Waals surface area contributed by atoms with E-state index in [0.29, 0.717) is 0 Å². The summed E-state index contributed by atoms with van der Waals surface area (Å²) in [6.45, 7) is 14.5. The van der Waals surface area contributed by atoms with E-state index < -0.39 is 0 Å². The molecule has 0 aliphatic carbocycles. The number of ether oxygens (including phenoxy) is 2. The predicted molar refractivity (Wildman–Crippen MR) is 86.2 cm³/mol. The van der Waals surface area contributed by atoms with Crippen molar-refractivity contribution in [1.29, 1.82) is 0 Å². The van der Waals surface area contributed by atoms with Crippen molar-refractivity contribution in [2.45, 2.75) is 67.2 Å². The lowest BCUT2D eigenvalue weighted by Crippen LogP contribution is -2.07. The lowest BCUT2D eigenvalue weighted by atomic mass is 9.98. The van der Waals surface area contributed by atoms with Gasteiger partial charge < -0.3 is 9.47 Å². The number of rotatable bonds is 8. The van der Waals surface area contributed by atoms with E-state index in [1.807, 2.05) is 0 Å². The molecule has 0 saturated carbocycles. The van der Waals surface area contributed by atoms with E-state index in [-0.39, 0.29) is 0 Å². The zero-order valence-corrected chi connectivity index (χ0v) is 14.1. The molecule has 0 aliphatic rings. The zero-order valence-electron chi connectivity index (χ0n) is 14.1. The molecule has 0 fully saturated rings. The molecule has 2 heteroatoms.